The zero-order valence-corrected chi connectivity index (χ0v) is 13.2. The number of likely N-dealkylation sites (tertiary alicyclic amines) is 1. The molecule has 1 saturated heterocycles. The molecule has 0 unspecified atom stereocenters. The summed E-state index contributed by atoms with van der Waals surface area (Å²) in [5, 5.41) is 26.8. The maximum Gasteiger partial charge on any atom is 0.335 e. The number of benzene rings is 1. The number of aryl methyl sites for hydroxylation is 1. The van der Waals surface area contributed by atoms with Gasteiger partial charge in [-0.3, -0.25) is 4.79 Å². The van der Waals surface area contributed by atoms with Gasteiger partial charge in [-0.25, -0.2) is 9.48 Å². The van der Waals surface area contributed by atoms with Crippen LogP contribution in [-0.4, -0.2) is 60.7 Å². The van der Waals surface area contributed by atoms with Crippen molar-refractivity contribution in [3.63, 3.8) is 0 Å². The Kier molecular flexibility index (Phi) is 4.06. The molecule has 2 N–H and O–H groups in total. The molecular formula is C16H18N4O4. The molecule has 1 fully saturated rings. The van der Waals surface area contributed by atoms with Crippen LogP contribution >= 0.6 is 0 Å². The zero-order chi connectivity index (χ0) is 17.3. The summed E-state index contributed by atoms with van der Waals surface area (Å²) in [6.07, 6.45) is 1.55. The molecule has 1 aromatic heterocycles. The molecule has 2 aromatic rings. The third kappa shape index (κ3) is 3.00. The normalized spacial score (nSPS) is 16.8. The monoisotopic (exact) mass is 330 g/mol. The van der Waals surface area contributed by atoms with Crippen LogP contribution < -0.4 is 0 Å². The highest BCUT2D eigenvalue weighted by Gasteiger charge is 2.40. The SMILES string of the molecule is Cc1cccc(-n2cc(C(=O)N3CCC(O)(C(=O)O)CC3)nn2)c1. The van der Waals surface area contributed by atoms with Gasteiger partial charge < -0.3 is 15.1 Å². The number of carbonyl (C=O) groups excluding carboxylic acids is 1. The molecule has 0 saturated carbocycles. The number of aliphatic hydroxyl groups is 1. The molecule has 0 bridgehead atoms. The topological polar surface area (TPSA) is 109 Å². The predicted molar refractivity (Wildman–Crippen MR) is 83.8 cm³/mol. The summed E-state index contributed by atoms with van der Waals surface area (Å²) >= 11 is 0. The number of carbonyl (C=O) groups is 2. The summed E-state index contributed by atoms with van der Waals surface area (Å²) < 4.78 is 1.53. The minimum absolute atomic E-state index is 0.0000897. The van der Waals surface area contributed by atoms with Crippen molar-refractivity contribution in [1.29, 1.82) is 0 Å². The lowest BCUT2D eigenvalue weighted by molar-refractivity contribution is -0.162. The molecule has 0 aliphatic carbocycles. The summed E-state index contributed by atoms with van der Waals surface area (Å²) in [6, 6.07) is 7.65. The van der Waals surface area contributed by atoms with Gasteiger partial charge in [0.25, 0.3) is 5.91 Å². The van der Waals surface area contributed by atoms with E-state index in [4.69, 9.17) is 5.11 Å². The van der Waals surface area contributed by atoms with Crippen LogP contribution in [0.2, 0.25) is 0 Å². The fraction of sp³-hybridized carbons (Fsp3) is 0.375. The number of aliphatic carboxylic acids is 1. The molecule has 126 valence electrons. The van der Waals surface area contributed by atoms with Crippen LogP contribution in [-0.2, 0) is 4.79 Å². The van der Waals surface area contributed by atoms with Gasteiger partial charge in [-0.1, -0.05) is 17.3 Å². The number of carboxylic acid groups (broad SMARTS) is 1. The van der Waals surface area contributed by atoms with Crippen molar-refractivity contribution in [2.75, 3.05) is 13.1 Å². The number of amides is 1. The molecule has 0 spiro atoms. The van der Waals surface area contributed by atoms with Crippen molar-refractivity contribution in [1.82, 2.24) is 19.9 Å². The third-order valence-electron chi connectivity index (χ3n) is 4.25. The highest BCUT2D eigenvalue weighted by Crippen LogP contribution is 2.23. The summed E-state index contributed by atoms with van der Waals surface area (Å²) in [6.45, 7) is 2.29. The van der Waals surface area contributed by atoms with Gasteiger partial charge in [-0.15, -0.1) is 5.10 Å². The molecule has 0 atom stereocenters. The van der Waals surface area contributed by atoms with Crippen molar-refractivity contribution in [2.45, 2.75) is 25.4 Å². The smallest absolute Gasteiger partial charge is 0.335 e. The predicted octanol–water partition coefficient (Wildman–Crippen LogP) is 0.627. The Labute approximate surface area is 138 Å². The molecule has 1 aliphatic heterocycles. The number of rotatable bonds is 3. The van der Waals surface area contributed by atoms with Gasteiger partial charge in [0.15, 0.2) is 11.3 Å². The number of nitrogens with zero attached hydrogens (tertiary/aromatic N) is 4. The number of piperidine rings is 1. The van der Waals surface area contributed by atoms with Crippen LogP contribution in [0, 0.1) is 6.92 Å². The lowest BCUT2D eigenvalue weighted by Crippen LogP contribution is -2.50. The number of hydrogen-bond acceptors (Lipinski definition) is 5. The van der Waals surface area contributed by atoms with Crippen molar-refractivity contribution < 1.29 is 19.8 Å². The van der Waals surface area contributed by atoms with Crippen molar-refractivity contribution in [2.24, 2.45) is 0 Å². The van der Waals surface area contributed by atoms with Crippen LogP contribution in [0.25, 0.3) is 5.69 Å². The van der Waals surface area contributed by atoms with E-state index in [9.17, 15) is 14.7 Å². The molecule has 1 aromatic carbocycles. The standard InChI is InChI=1S/C16H18N4O4/c1-11-3-2-4-12(9-11)20-10-13(17-18-20)14(21)19-7-5-16(24,6-8-19)15(22)23/h2-4,9-10,24H,5-8H2,1H3,(H,22,23). The van der Waals surface area contributed by atoms with Crippen LogP contribution in [0.5, 0.6) is 0 Å². The quantitative estimate of drug-likeness (QED) is 0.854. The van der Waals surface area contributed by atoms with Crippen LogP contribution in [0.15, 0.2) is 30.5 Å². The maximum absolute atomic E-state index is 12.5. The Hall–Kier alpha value is -2.74. The summed E-state index contributed by atoms with van der Waals surface area (Å²) in [7, 11) is 0. The summed E-state index contributed by atoms with van der Waals surface area (Å²) in [5.74, 6) is -1.57. The Morgan fingerprint density at radius 3 is 2.58 bits per heavy atom. The molecule has 0 radical (unpaired) electrons. The second-order valence-corrected chi connectivity index (χ2v) is 6.02. The third-order valence-corrected chi connectivity index (χ3v) is 4.25. The van der Waals surface area contributed by atoms with E-state index >= 15 is 0 Å². The van der Waals surface area contributed by atoms with Gasteiger partial charge in [-0.2, -0.15) is 0 Å². The Bertz CT molecular complexity index is 778. The maximum atomic E-state index is 12.5. The first-order valence-corrected chi connectivity index (χ1v) is 7.63. The fourth-order valence-corrected chi connectivity index (χ4v) is 2.71. The average Bonchev–Trinajstić information content (AvgIpc) is 3.05. The molecule has 8 nitrogen and oxygen atoms in total. The first-order valence-electron chi connectivity index (χ1n) is 7.63. The highest BCUT2D eigenvalue weighted by atomic mass is 16.4. The van der Waals surface area contributed by atoms with Gasteiger partial charge in [0.2, 0.25) is 0 Å². The van der Waals surface area contributed by atoms with Gasteiger partial charge in [-0.05, 0) is 24.6 Å². The molecule has 1 amide bonds. The van der Waals surface area contributed by atoms with E-state index in [1.807, 2.05) is 31.2 Å². The first kappa shape index (κ1) is 16.1. The fourth-order valence-electron chi connectivity index (χ4n) is 2.71. The van der Waals surface area contributed by atoms with E-state index in [0.29, 0.717) is 0 Å². The second-order valence-electron chi connectivity index (χ2n) is 6.02. The van der Waals surface area contributed by atoms with Crippen LogP contribution in [0.3, 0.4) is 0 Å². The largest absolute Gasteiger partial charge is 0.479 e. The van der Waals surface area contributed by atoms with Crippen molar-refractivity contribution in [3.05, 3.63) is 41.7 Å². The first-order chi connectivity index (χ1) is 11.4. The Morgan fingerprint density at radius 1 is 1.25 bits per heavy atom. The Morgan fingerprint density at radius 2 is 1.96 bits per heavy atom. The molecule has 1 aliphatic rings. The number of aromatic nitrogens is 3. The van der Waals surface area contributed by atoms with Crippen LogP contribution in [0.4, 0.5) is 0 Å². The summed E-state index contributed by atoms with van der Waals surface area (Å²) in [4.78, 5) is 25.0. The zero-order valence-electron chi connectivity index (χ0n) is 13.2. The molecular weight excluding hydrogens is 312 g/mol. The van der Waals surface area contributed by atoms with E-state index in [1.54, 1.807) is 6.20 Å². The molecule has 24 heavy (non-hydrogen) atoms. The van der Waals surface area contributed by atoms with E-state index in [1.165, 1.54) is 9.58 Å². The van der Waals surface area contributed by atoms with Crippen molar-refractivity contribution >= 4 is 11.9 Å². The lowest BCUT2D eigenvalue weighted by atomic mass is 9.91. The molecule has 2 heterocycles. The molecule has 3 rings (SSSR count). The minimum Gasteiger partial charge on any atom is -0.479 e. The van der Waals surface area contributed by atoms with E-state index in [-0.39, 0.29) is 37.5 Å². The highest BCUT2D eigenvalue weighted by molar-refractivity contribution is 5.92. The summed E-state index contributed by atoms with van der Waals surface area (Å²) in [5.41, 5.74) is 0.313. The lowest BCUT2D eigenvalue weighted by Gasteiger charge is -2.34. The van der Waals surface area contributed by atoms with E-state index in [0.717, 1.165) is 11.3 Å². The van der Waals surface area contributed by atoms with Crippen LogP contribution in [0.1, 0.15) is 28.9 Å². The van der Waals surface area contributed by atoms with Crippen molar-refractivity contribution in [3.8, 4) is 5.69 Å². The van der Waals surface area contributed by atoms with Gasteiger partial charge >= 0.3 is 5.97 Å². The second kappa shape index (κ2) is 6.04. The van der Waals surface area contributed by atoms with E-state index in [2.05, 4.69) is 10.3 Å². The van der Waals surface area contributed by atoms with Gasteiger partial charge in [0.05, 0.1) is 11.9 Å². The molecule has 8 heteroatoms. The average molecular weight is 330 g/mol. The van der Waals surface area contributed by atoms with Gasteiger partial charge in [0.1, 0.15) is 0 Å². The minimum atomic E-state index is -1.75. The number of carboxylic acids is 1. The Balaban J connectivity index is 1.72. The van der Waals surface area contributed by atoms with Gasteiger partial charge in [0, 0.05) is 25.9 Å². The van der Waals surface area contributed by atoms with E-state index < -0.39 is 11.6 Å². The number of hydrogen-bond donors (Lipinski definition) is 2.